The van der Waals surface area contributed by atoms with Crippen LogP contribution in [0.5, 0.6) is 0 Å². The van der Waals surface area contributed by atoms with Gasteiger partial charge in [0.05, 0.1) is 13.2 Å². The highest BCUT2D eigenvalue weighted by Crippen LogP contribution is 2.25. The van der Waals surface area contributed by atoms with Gasteiger partial charge in [0.25, 0.3) is 0 Å². The first-order valence-corrected chi connectivity index (χ1v) is 9.59. The molecule has 1 unspecified atom stereocenters. The fraction of sp³-hybridized carbons (Fsp3) is 0.529. The van der Waals surface area contributed by atoms with Crippen LogP contribution in [0.2, 0.25) is 0 Å². The third-order valence-corrected chi connectivity index (χ3v) is 5.36. The highest BCUT2D eigenvalue weighted by Gasteiger charge is 2.28. The van der Waals surface area contributed by atoms with E-state index in [0.717, 1.165) is 30.2 Å². The largest absolute Gasteiger partial charge is 0.480 e. The van der Waals surface area contributed by atoms with Crippen LogP contribution >= 0.6 is 11.8 Å². The molecule has 136 valence electrons. The summed E-state index contributed by atoms with van der Waals surface area (Å²) in [5, 5.41) is 12.5. The van der Waals surface area contributed by atoms with Gasteiger partial charge in [-0.05, 0) is 17.7 Å². The van der Waals surface area contributed by atoms with Crippen molar-refractivity contribution in [1.82, 2.24) is 9.80 Å². The maximum atomic E-state index is 12.2. The second kappa shape index (κ2) is 8.55. The van der Waals surface area contributed by atoms with E-state index in [1.165, 1.54) is 0 Å². The molecular weight excluding hydrogens is 342 g/mol. The number of thioether (sulfide) groups is 1. The van der Waals surface area contributed by atoms with Crippen molar-refractivity contribution in [3.05, 3.63) is 29.8 Å². The lowest BCUT2D eigenvalue weighted by Crippen LogP contribution is -2.43. The second-order valence-electron chi connectivity index (χ2n) is 6.04. The Bertz CT molecular complexity index is 598. The summed E-state index contributed by atoms with van der Waals surface area (Å²) >= 11 is 1.85. The molecule has 2 fully saturated rings. The van der Waals surface area contributed by atoms with Crippen molar-refractivity contribution in [2.24, 2.45) is 0 Å². The van der Waals surface area contributed by atoms with E-state index in [-0.39, 0.29) is 6.03 Å². The van der Waals surface area contributed by atoms with Gasteiger partial charge in [0.2, 0.25) is 0 Å². The maximum Gasteiger partial charge on any atom is 0.325 e. The Balaban J connectivity index is 1.65. The Kier molecular flexibility index (Phi) is 6.17. The van der Waals surface area contributed by atoms with Crippen LogP contribution in [0.1, 0.15) is 11.6 Å². The summed E-state index contributed by atoms with van der Waals surface area (Å²) in [7, 11) is 0. The number of carboxylic acid groups (broad SMARTS) is 1. The molecule has 0 spiro atoms. The molecule has 2 heterocycles. The van der Waals surface area contributed by atoms with Crippen molar-refractivity contribution in [2.45, 2.75) is 6.04 Å². The van der Waals surface area contributed by atoms with Crippen LogP contribution in [0.25, 0.3) is 0 Å². The first-order valence-electron chi connectivity index (χ1n) is 8.43. The zero-order valence-electron chi connectivity index (χ0n) is 14.0. The van der Waals surface area contributed by atoms with Crippen molar-refractivity contribution < 1.29 is 19.4 Å². The highest BCUT2D eigenvalue weighted by atomic mass is 32.2. The Morgan fingerprint density at radius 3 is 2.32 bits per heavy atom. The van der Waals surface area contributed by atoms with E-state index in [4.69, 9.17) is 4.74 Å². The van der Waals surface area contributed by atoms with Crippen molar-refractivity contribution in [3.8, 4) is 0 Å². The van der Waals surface area contributed by atoms with Gasteiger partial charge in [-0.2, -0.15) is 11.8 Å². The monoisotopic (exact) mass is 365 g/mol. The number of benzene rings is 1. The Labute approximate surface area is 151 Å². The number of nitrogens with one attached hydrogen (secondary N) is 1. The lowest BCUT2D eigenvalue weighted by Gasteiger charge is -2.32. The topological polar surface area (TPSA) is 82.1 Å². The molecule has 2 aliphatic heterocycles. The molecule has 0 saturated carbocycles. The SMILES string of the molecule is O=C(O)C(c1ccc(NC(=O)N2CCOCC2)cc1)N1CCSCC1. The van der Waals surface area contributed by atoms with E-state index in [0.29, 0.717) is 32.0 Å². The fourth-order valence-corrected chi connectivity index (χ4v) is 3.99. The van der Waals surface area contributed by atoms with Crippen LogP contribution < -0.4 is 5.32 Å². The quantitative estimate of drug-likeness (QED) is 0.846. The van der Waals surface area contributed by atoms with Crippen LogP contribution in [-0.4, -0.2) is 77.8 Å². The van der Waals surface area contributed by atoms with Crippen molar-refractivity contribution in [3.63, 3.8) is 0 Å². The minimum absolute atomic E-state index is 0.154. The van der Waals surface area contributed by atoms with E-state index < -0.39 is 12.0 Å². The van der Waals surface area contributed by atoms with Gasteiger partial charge in [-0.1, -0.05) is 12.1 Å². The molecule has 2 amide bonds. The van der Waals surface area contributed by atoms with E-state index in [2.05, 4.69) is 5.32 Å². The van der Waals surface area contributed by atoms with Crippen LogP contribution in [0.4, 0.5) is 10.5 Å². The number of hydrogen-bond acceptors (Lipinski definition) is 5. The van der Waals surface area contributed by atoms with Gasteiger partial charge in [0.1, 0.15) is 6.04 Å². The van der Waals surface area contributed by atoms with Crippen LogP contribution in [0, 0.1) is 0 Å². The zero-order chi connectivity index (χ0) is 17.6. The van der Waals surface area contributed by atoms with Gasteiger partial charge in [0.15, 0.2) is 0 Å². The molecule has 0 aromatic heterocycles. The minimum atomic E-state index is -0.836. The summed E-state index contributed by atoms with van der Waals surface area (Å²) in [6.07, 6.45) is 0. The number of carboxylic acids is 1. The predicted octanol–water partition coefficient (Wildman–Crippen LogP) is 1.73. The predicted molar refractivity (Wildman–Crippen MR) is 97.1 cm³/mol. The molecule has 0 radical (unpaired) electrons. The number of aliphatic carboxylic acids is 1. The highest BCUT2D eigenvalue weighted by molar-refractivity contribution is 7.99. The molecule has 2 N–H and O–H groups in total. The standard InChI is InChI=1S/C17H23N3O4S/c21-16(22)15(19-7-11-25-12-8-19)13-1-3-14(4-2-13)18-17(23)20-5-9-24-10-6-20/h1-4,15H,5-12H2,(H,18,23)(H,21,22). The number of carbonyl (C=O) groups is 2. The van der Waals surface area contributed by atoms with Crippen LogP contribution in [0.15, 0.2) is 24.3 Å². The zero-order valence-corrected chi connectivity index (χ0v) is 14.8. The summed E-state index contributed by atoms with van der Waals surface area (Å²) in [6, 6.07) is 6.32. The van der Waals surface area contributed by atoms with E-state index >= 15 is 0 Å². The molecular formula is C17H23N3O4S. The van der Waals surface area contributed by atoms with Gasteiger partial charge >= 0.3 is 12.0 Å². The number of amides is 2. The lowest BCUT2D eigenvalue weighted by molar-refractivity contribution is -0.143. The van der Waals surface area contributed by atoms with E-state index in [1.54, 1.807) is 29.2 Å². The third kappa shape index (κ3) is 4.65. The Morgan fingerprint density at radius 2 is 1.72 bits per heavy atom. The number of ether oxygens (including phenoxy) is 1. The number of morpholine rings is 1. The molecule has 3 rings (SSSR count). The summed E-state index contributed by atoms with van der Waals surface area (Å²) in [5.41, 5.74) is 1.40. The van der Waals surface area contributed by atoms with Crippen molar-refractivity contribution in [1.29, 1.82) is 0 Å². The molecule has 2 saturated heterocycles. The minimum Gasteiger partial charge on any atom is -0.480 e. The first-order chi connectivity index (χ1) is 12.1. The average molecular weight is 365 g/mol. The van der Waals surface area contributed by atoms with Crippen LogP contribution in [-0.2, 0) is 9.53 Å². The van der Waals surface area contributed by atoms with Gasteiger partial charge in [0, 0.05) is 43.4 Å². The van der Waals surface area contributed by atoms with E-state index in [9.17, 15) is 14.7 Å². The van der Waals surface area contributed by atoms with Gasteiger partial charge in [-0.25, -0.2) is 4.79 Å². The molecule has 1 aromatic carbocycles. The number of carbonyl (C=O) groups excluding carboxylic acids is 1. The summed E-state index contributed by atoms with van der Waals surface area (Å²) in [6.45, 7) is 3.83. The molecule has 0 aliphatic carbocycles. The maximum absolute atomic E-state index is 12.2. The van der Waals surface area contributed by atoms with Gasteiger partial charge in [-0.3, -0.25) is 9.69 Å². The van der Waals surface area contributed by atoms with E-state index in [1.807, 2.05) is 16.7 Å². The number of nitrogens with zero attached hydrogens (tertiary/aromatic N) is 2. The number of rotatable bonds is 4. The van der Waals surface area contributed by atoms with Crippen LogP contribution in [0.3, 0.4) is 0 Å². The third-order valence-electron chi connectivity index (χ3n) is 4.42. The molecule has 1 atom stereocenters. The number of urea groups is 1. The Morgan fingerprint density at radius 1 is 1.08 bits per heavy atom. The van der Waals surface area contributed by atoms with Crippen molar-refractivity contribution >= 4 is 29.4 Å². The molecule has 7 nitrogen and oxygen atoms in total. The Hall–Kier alpha value is -1.77. The summed E-state index contributed by atoms with van der Waals surface area (Å²) < 4.78 is 5.24. The normalized spacial score (nSPS) is 20.1. The van der Waals surface area contributed by atoms with Gasteiger partial charge < -0.3 is 20.1 Å². The second-order valence-corrected chi connectivity index (χ2v) is 7.27. The molecule has 25 heavy (non-hydrogen) atoms. The average Bonchev–Trinajstić information content (AvgIpc) is 2.65. The molecule has 8 heteroatoms. The smallest absolute Gasteiger partial charge is 0.325 e. The number of hydrogen-bond donors (Lipinski definition) is 2. The summed E-state index contributed by atoms with van der Waals surface area (Å²) in [5.74, 6) is 1.08. The summed E-state index contributed by atoms with van der Waals surface area (Å²) in [4.78, 5) is 27.6. The van der Waals surface area contributed by atoms with Crippen molar-refractivity contribution in [2.75, 3.05) is 56.2 Å². The number of anilines is 1. The molecule has 0 bridgehead atoms. The first kappa shape index (κ1) is 18.0. The molecule has 2 aliphatic rings. The molecule has 1 aromatic rings. The fourth-order valence-electron chi connectivity index (χ4n) is 3.06. The van der Waals surface area contributed by atoms with Gasteiger partial charge in [-0.15, -0.1) is 0 Å². The lowest BCUT2D eigenvalue weighted by atomic mass is 10.0.